The number of rotatable bonds is 5. The predicted octanol–water partition coefficient (Wildman–Crippen LogP) is 1.75. The summed E-state index contributed by atoms with van der Waals surface area (Å²) < 4.78 is 22.1. The topological polar surface area (TPSA) is 63.2 Å². The van der Waals surface area contributed by atoms with Crippen LogP contribution in [0.5, 0.6) is 0 Å². The highest BCUT2D eigenvalue weighted by Crippen LogP contribution is 2.53. The number of sulfone groups is 1. The Labute approximate surface area is 121 Å². The molecule has 4 fully saturated rings. The third kappa shape index (κ3) is 3.18. The maximum atomic E-state index is 12.0. The van der Waals surface area contributed by atoms with Gasteiger partial charge in [-0.15, -0.1) is 0 Å². The summed E-state index contributed by atoms with van der Waals surface area (Å²) >= 11 is 0. The van der Waals surface area contributed by atoms with E-state index in [1.54, 1.807) is 0 Å². The van der Waals surface area contributed by atoms with Crippen molar-refractivity contribution in [2.24, 2.45) is 23.7 Å². The van der Waals surface area contributed by atoms with Gasteiger partial charge in [0.25, 0.3) is 0 Å². The van der Waals surface area contributed by atoms with Crippen LogP contribution in [0, 0.1) is 23.7 Å². The van der Waals surface area contributed by atoms with E-state index in [-0.39, 0.29) is 11.7 Å². The van der Waals surface area contributed by atoms with Gasteiger partial charge in [-0.3, -0.25) is 4.79 Å². The molecule has 1 N–H and O–H groups in total. The number of amides is 1. The molecule has 4 saturated carbocycles. The van der Waals surface area contributed by atoms with Crippen molar-refractivity contribution in [2.45, 2.75) is 51.0 Å². The monoisotopic (exact) mass is 299 g/mol. The summed E-state index contributed by atoms with van der Waals surface area (Å²) in [6, 6.07) is 0.369. The minimum absolute atomic E-state index is 0.0473. The molecule has 0 saturated heterocycles. The van der Waals surface area contributed by atoms with Crippen molar-refractivity contribution in [3.63, 3.8) is 0 Å². The summed E-state index contributed by atoms with van der Waals surface area (Å²) in [6.45, 7) is 0. The minimum Gasteiger partial charge on any atom is -0.353 e. The average molecular weight is 299 g/mol. The standard InChI is InChI=1S/C15H25NO3S/c1-20(18,19)4-2-3-14(17)16-15-12-6-10-5-11(8-12)9-13(15)7-10/h10-13,15H,2-9H2,1H3,(H,16,17). The fourth-order valence-corrected chi connectivity index (χ4v) is 5.58. The Balaban J connectivity index is 1.49. The predicted molar refractivity (Wildman–Crippen MR) is 77.9 cm³/mol. The van der Waals surface area contributed by atoms with Gasteiger partial charge in [-0.05, 0) is 62.2 Å². The van der Waals surface area contributed by atoms with Crippen LogP contribution in [0.4, 0.5) is 0 Å². The van der Waals surface area contributed by atoms with E-state index in [1.165, 1.54) is 38.4 Å². The van der Waals surface area contributed by atoms with E-state index in [4.69, 9.17) is 0 Å². The van der Waals surface area contributed by atoms with Crippen molar-refractivity contribution in [1.29, 1.82) is 0 Å². The van der Waals surface area contributed by atoms with Crippen LogP contribution in [0.2, 0.25) is 0 Å². The van der Waals surface area contributed by atoms with Crippen molar-refractivity contribution in [3.8, 4) is 0 Å². The molecule has 4 bridgehead atoms. The quantitative estimate of drug-likeness (QED) is 0.841. The Morgan fingerprint density at radius 1 is 1.05 bits per heavy atom. The second-order valence-electron chi connectivity index (χ2n) is 7.26. The Morgan fingerprint density at radius 3 is 2.10 bits per heavy atom. The van der Waals surface area contributed by atoms with Gasteiger partial charge in [0.05, 0.1) is 5.75 Å². The zero-order valence-electron chi connectivity index (χ0n) is 12.2. The Morgan fingerprint density at radius 2 is 1.60 bits per heavy atom. The average Bonchev–Trinajstić information content (AvgIpc) is 2.31. The largest absolute Gasteiger partial charge is 0.353 e. The van der Waals surface area contributed by atoms with Crippen LogP contribution >= 0.6 is 0 Å². The van der Waals surface area contributed by atoms with Crippen molar-refractivity contribution in [2.75, 3.05) is 12.0 Å². The lowest BCUT2D eigenvalue weighted by Crippen LogP contribution is -2.55. The van der Waals surface area contributed by atoms with Gasteiger partial charge in [0, 0.05) is 18.7 Å². The molecule has 0 aliphatic heterocycles. The Hall–Kier alpha value is -0.580. The summed E-state index contributed by atoms with van der Waals surface area (Å²) in [5.41, 5.74) is 0. The smallest absolute Gasteiger partial charge is 0.220 e. The van der Waals surface area contributed by atoms with Crippen LogP contribution in [0.15, 0.2) is 0 Å². The van der Waals surface area contributed by atoms with Crippen molar-refractivity contribution >= 4 is 15.7 Å². The zero-order valence-corrected chi connectivity index (χ0v) is 13.0. The van der Waals surface area contributed by atoms with Crippen molar-refractivity contribution in [1.82, 2.24) is 5.32 Å². The van der Waals surface area contributed by atoms with Crippen LogP contribution in [-0.2, 0) is 14.6 Å². The number of carbonyl (C=O) groups is 1. The molecule has 0 atom stereocenters. The molecular weight excluding hydrogens is 274 g/mol. The number of hydrogen-bond donors (Lipinski definition) is 1. The SMILES string of the molecule is CS(=O)(=O)CCCC(=O)NC1C2CC3CC(C2)CC1C3. The van der Waals surface area contributed by atoms with Crippen LogP contribution < -0.4 is 5.32 Å². The normalized spacial score (nSPS) is 39.0. The number of hydrogen-bond acceptors (Lipinski definition) is 3. The number of nitrogens with one attached hydrogen (secondary N) is 1. The molecule has 0 spiro atoms. The van der Waals surface area contributed by atoms with E-state index in [2.05, 4.69) is 5.32 Å². The molecule has 5 heteroatoms. The first-order valence-corrected chi connectivity index (χ1v) is 9.94. The van der Waals surface area contributed by atoms with Gasteiger partial charge in [0.2, 0.25) is 5.91 Å². The summed E-state index contributed by atoms with van der Waals surface area (Å²) in [5.74, 6) is 3.36. The second kappa shape index (κ2) is 5.32. The fraction of sp³-hybridized carbons (Fsp3) is 0.933. The summed E-state index contributed by atoms with van der Waals surface area (Å²) in [4.78, 5) is 12.0. The van der Waals surface area contributed by atoms with E-state index in [0.717, 1.165) is 11.8 Å². The van der Waals surface area contributed by atoms with Gasteiger partial charge >= 0.3 is 0 Å². The lowest BCUT2D eigenvalue weighted by molar-refractivity contribution is -0.125. The Bertz CT molecular complexity index is 457. The lowest BCUT2D eigenvalue weighted by Gasteiger charge is -2.54. The first kappa shape index (κ1) is 14.4. The third-order valence-corrected chi connectivity index (χ3v) is 6.50. The van der Waals surface area contributed by atoms with Crippen molar-refractivity contribution in [3.05, 3.63) is 0 Å². The second-order valence-corrected chi connectivity index (χ2v) is 9.52. The van der Waals surface area contributed by atoms with Gasteiger partial charge in [0.1, 0.15) is 9.84 Å². The van der Waals surface area contributed by atoms with Crippen LogP contribution in [0.3, 0.4) is 0 Å². The molecule has 0 aromatic heterocycles. The Kier molecular flexibility index (Phi) is 3.82. The van der Waals surface area contributed by atoms with E-state index >= 15 is 0 Å². The van der Waals surface area contributed by atoms with Gasteiger partial charge in [-0.2, -0.15) is 0 Å². The molecule has 0 unspecified atom stereocenters. The molecule has 4 rings (SSSR count). The summed E-state index contributed by atoms with van der Waals surface area (Å²) in [7, 11) is -2.95. The fourth-order valence-electron chi connectivity index (χ4n) is 4.91. The maximum absolute atomic E-state index is 12.0. The van der Waals surface area contributed by atoms with Gasteiger partial charge in [-0.25, -0.2) is 8.42 Å². The molecule has 4 aliphatic rings. The van der Waals surface area contributed by atoms with Crippen LogP contribution in [-0.4, -0.2) is 32.4 Å². The number of carbonyl (C=O) groups excluding carboxylic acids is 1. The zero-order chi connectivity index (χ0) is 14.3. The van der Waals surface area contributed by atoms with E-state index < -0.39 is 9.84 Å². The molecule has 0 heterocycles. The summed E-state index contributed by atoms with van der Waals surface area (Å²) in [5, 5.41) is 3.21. The van der Waals surface area contributed by atoms with Crippen LogP contribution in [0.1, 0.15) is 44.9 Å². The highest BCUT2D eigenvalue weighted by Gasteiger charge is 2.48. The van der Waals surface area contributed by atoms with E-state index in [0.29, 0.717) is 30.7 Å². The van der Waals surface area contributed by atoms with Gasteiger partial charge < -0.3 is 5.32 Å². The maximum Gasteiger partial charge on any atom is 0.220 e. The molecule has 20 heavy (non-hydrogen) atoms. The first-order valence-electron chi connectivity index (χ1n) is 7.88. The molecule has 4 aliphatic carbocycles. The highest BCUT2D eigenvalue weighted by molar-refractivity contribution is 7.90. The molecular formula is C15H25NO3S. The highest BCUT2D eigenvalue weighted by atomic mass is 32.2. The molecule has 0 aromatic rings. The molecule has 1 amide bonds. The van der Waals surface area contributed by atoms with Crippen molar-refractivity contribution < 1.29 is 13.2 Å². The molecule has 4 nitrogen and oxygen atoms in total. The first-order chi connectivity index (χ1) is 9.40. The third-order valence-electron chi connectivity index (χ3n) is 5.47. The molecule has 114 valence electrons. The molecule has 0 radical (unpaired) electrons. The van der Waals surface area contributed by atoms with Gasteiger partial charge in [0.15, 0.2) is 0 Å². The lowest BCUT2D eigenvalue weighted by atomic mass is 9.54. The van der Waals surface area contributed by atoms with Crippen LogP contribution in [0.25, 0.3) is 0 Å². The summed E-state index contributed by atoms with van der Waals surface area (Å²) in [6.07, 6.45) is 8.60. The molecule has 0 aromatic carbocycles. The minimum atomic E-state index is -2.95. The van der Waals surface area contributed by atoms with E-state index in [1.807, 2.05) is 0 Å². The van der Waals surface area contributed by atoms with Gasteiger partial charge in [-0.1, -0.05) is 0 Å². The van der Waals surface area contributed by atoms with E-state index in [9.17, 15) is 13.2 Å².